The lowest BCUT2D eigenvalue weighted by Gasteiger charge is -2.34. The molecule has 4 aromatic rings. The number of benzene rings is 3. The number of aryl methyl sites for hydroxylation is 2. The number of aromatic nitrogens is 2. The van der Waals surface area contributed by atoms with E-state index in [1.165, 1.54) is 10.6 Å². The van der Waals surface area contributed by atoms with Crippen LogP contribution in [0.2, 0.25) is 5.02 Å². The summed E-state index contributed by atoms with van der Waals surface area (Å²) in [5, 5.41) is 1.39. The van der Waals surface area contributed by atoms with E-state index < -0.39 is 11.7 Å². The van der Waals surface area contributed by atoms with Gasteiger partial charge in [-0.25, -0.2) is 4.98 Å². The van der Waals surface area contributed by atoms with E-state index in [1.807, 2.05) is 12.1 Å². The minimum absolute atomic E-state index is 0.149. The van der Waals surface area contributed by atoms with Gasteiger partial charge in [-0.1, -0.05) is 48.0 Å². The van der Waals surface area contributed by atoms with Crippen molar-refractivity contribution in [2.45, 2.75) is 39.3 Å². The van der Waals surface area contributed by atoms with Gasteiger partial charge in [0.2, 0.25) is 0 Å². The van der Waals surface area contributed by atoms with Crippen molar-refractivity contribution in [3.8, 4) is 5.69 Å². The predicted octanol–water partition coefficient (Wildman–Crippen LogP) is 7.13. The van der Waals surface area contributed by atoms with Gasteiger partial charge in [-0.05, 0) is 73.6 Å². The van der Waals surface area contributed by atoms with Gasteiger partial charge in [-0.2, -0.15) is 13.2 Å². The van der Waals surface area contributed by atoms with Crippen molar-refractivity contribution in [3.63, 3.8) is 0 Å². The van der Waals surface area contributed by atoms with Crippen LogP contribution >= 0.6 is 11.6 Å². The summed E-state index contributed by atoms with van der Waals surface area (Å²) in [7, 11) is 0. The largest absolute Gasteiger partial charge is 0.417 e. The third-order valence-electron chi connectivity index (χ3n) is 7.17. The Morgan fingerprint density at radius 1 is 1.00 bits per heavy atom. The number of hydrogen-bond acceptors (Lipinski definition) is 3. The van der Waals surface area contributed by atoms with Crippen molar-refractivity contribution in [2.24, 2.45) is 5.92 Å². The molecule has 1 aliphatic heterocycles. The average Bonchev–Trinajstić information content (AvgIpc) is 2.83. The second-order valence-electron chi connectivity index (χ2n) is 9.71. The first-order valence-electron chi connectivity index (χ1n) is 12.3. The molecule has 0 saturated carbocycles. The number of piperidine rings is 1. The molecule has 1 fully saturated rings. The highest BCUT2D eigenvalue weighted by atomic mass is 35.5. The lowest BCUT2D eigenvalue weighted by molar-refractivity contribution is -0.137. The molecule has 5 rings (SSSR count). The molecule has 1 aromatic heterocycles. The maximum Gasteiger partial charge on any atom is 0.417 e. The van der Waals surface area contributed by atoms with Gasteiger partial charge in [0.1, 0.15) is 5.82 Å². The Hall–Kier alpha value is -3.32. The number of alkyl halides is 3. The Labute approximate surface area is 218 Å². The zero-order valence-corrected chi connectivity index (χ0v) is 21.4. The second-order valence-corrected chi connectivity index (χ2v) is 10.1. The summed E-state index contributed by atoms with van der Waals surface area (Å²) in [6.07, 6.45) is -2.48. The van der Waals surface area contributed by atoms with Gasteiger partial charge in [0.05, 0.1) is 22.0 Å². The Balaban J connectivity index is 1.32. The number of fused-ring (bicyclic) bond motifs is 1. The van der Waals surface area contributed by atoms with Crippen LogP contribution in [0, 0.1) is 19.8 Å². The number of anilines is 1. The third-order valence-corrected chi connectivity index (χ3v) is 7.47. The Morgan fingerprint density at radius 2 is 1.73 bits per heavy atom. The van der Waals surface area contributed by atoms with Crippen LogP contribution in [0.4, 0.5) is 18.9 Å². The van der Waals surface area contributed by atoms with E-state index in [9.17, 15) is 18.0 Å². The quantitative estimate of drug-likeness (QED) is 0.284. The fourth-order valence-electron chi connectivity index (χ4n) is 5.46. The molecule has 0 N–H and O–H groups in total. The normalized spacial score (nSPS) is 14.9. The first kappa shape index (κ1) is 25.3. The molecule has 0 radical (unpaired) electrons. The molecule has 1 saturated heterocycles. The summed E-state index contributed by atoms with van der Waals surface area (Å²) in [6, 6.07) is 17.1. The molecule has 8 heteroatoms. The SMILES string of the molecule is Cc1cc(=O)n(-c2ccc(N3CCC(Cc4ccc5ccccc5c4C(F)(F)F)CC3)c(Cl)c2)c(C)n1. The van der Waals surface area contributed by atoms with E-state index in [2.05, 4.69) is 9.88 Å². The predicted molar refractivity (Wildman–Crippen MR) is 142 cm³/mol. The van der Waals surface area contributed by atoms with Gasteiger partial charge in [-0.15, -0.1) is 0 Å². The van der Waals surface area contributed by atoms with Crippen LogP contribution in [0.3, 0.4) is 0 Å². The number of rotatable bonds is 4. The van der Waals surface area contributed by atoms with E-state index in [-0.39, 0.29) is 16.9 Å². The summed E-state index contributed by atoms with van der Waals surface area (Å²) in [5.74, 6) is 0.734. The van der Waals surface area contributed by atoms with Crippen molar-refractivity contribution in [1.82, 2.24) is 9.55 Å². The van der Waals surface area contributed by atoms with E-state index in [0.717, 1.165) is 18.5 Å². The minimum atomic E-state index is -4.40. The highest BCUT2D eigenvalue weighted by molar-refractivity contribution is 6.33. The zero-order chi connectivity index (χ0) is 26.3. The van der Waals surface area contributed by atoms with Gasteiger partial charge in [-0.3, -0.25) is 9.36 Å². The molecule has 3 aromatic carbocycles. The molecule has 1 aliphatic rings. The summed E-state index contributed by atoms with van der Waals surface area (Å²) >= 11 is 6.64. The lowest BCUT2D eigenvalue weighted by atomic mass is 9.86. The maximum atomic E-state index is 14.0. The Kier molecular flexibility index (Phi) is 6.75. The van der Waals surface area contributed by atoms with Gasteiger partial charge < -0.3 is 4.90 Å². The van der Waals surface area contributed by atoms with Crippen molar-refractivity contribution in [1.29, 1.82) is 0 Å². The van der Waals surface area contributed by atoms with Crippen LogP contribution in [0.1, 0.15) is 35.5 Å². The summed E-state index contributed by atoms with van der Waals surface area (Å²) in [4.78, 5) is 19.0. The second kappa shape index (κ2) is 9.86. The molecule has 4 nitrogen and oxygen atoms in total. The number of nitrogens with zero attached hydrogens (tertiary/aromatic N) is 3. The molecule has 0 spiro atoms. The Bertz CT molecular complexity index is 1520. The van der Waals surface area contributed by atoms with E-state index in [1.54, 1.807) is 56.3 Å². The summed E-state index contributed by atoms with van der Waals surface area (Å²) in [6.45, 7) is 4.95. The third kappa shape index (κ3) is 5.10. The van der Waals surface area contributed by atoms with E-state index >= 15 is 0 Å². The van der Waals surface area contributed by atoms with Gasteiger partial charge >= 0.3 is 6.18 Å². The fraction of sp³-hybridized carbons (Fsp3) is 0.310. The van der Waals surface area contributed by atoms with Crippen LogP contribution in [-0.4, -0.2) is 22.6 Å². The van der Waals surface area contributed by atoms with Crippen molar-refractivity contribution in [3.05, 3.63) is 98.7 Å². The Morgan fingerprint density at radius 3 is 2.41 bits per heavy atom. The van der Waals surface area contributed by atoms with Crippen LogP contribution in [0.15, 0.2) is 65.5 Å². The molecule has 37 heavy (non-hydrogen) atoms. The highest BCUT2D eigenvalue weighted by Gasteiger charge is 2.36. The van der Waals surface area contributed by atoms with Gasteiger partial charge in [0, 0.05) is 24.8 Å². The molecule has 192 valence electrons. The first-order valence-corrected chi connectivity index (χ1v) is 12.7. The van der Waals surface area contributed by atoms with Crippen LogP contribution < -0.4 is 10.5 Å². The molecule has 2 heterocycles. The summed E-state index contributed by atoms with van der Waals surface area (Å²) in [5.41, 5.74) is 1.85. The maximum absolute atomic E-state index is 14.0. The van der Waals surface area contributed by atoms with Crippen LogP contribution in [-0.2, 0) is 12.6 Å². The molecular weight excluding hydrogens is 499 g/mol. The number of hydrogen-bond donors (Lipinski definition) is 0. The van der Waals surface area contributed by atoms with Crippen LogP contribution in [0.25, 0.3) is 16.5 Å². The minimum Gasteiger partial charge on any atom is -0.370 e. The molecule has 0 aliphatic carbocycles. The van der Waals surface area contributed by atoms with Gasteiger partial charge in [0.15, 0.2) is 0 Å². The molecule has 0 bridgehead atoms. The standard InChI is InChI=1S/C29H27ClF3N3O/c1-18-15-27(37)36(19(2)34-18)23-9-10-26(25(30)17-23)35-13-11-20(12-14-35)16-22-8-7-21-5-3-4-6-24(21)28(22)29(31,32)33/h3-10,15,17,20H,11-14,16H2,1-2H3. The highest BCUT2D eigenvalue weighted by Crippen LogP contribution is 2.39. The van der Waals surface area contributed by atoms with Gasteiger partial charge in [0.25, 0.3) is 5.56 Å². The molecule has 0 amide bonds. The van der Waals surface area contributed by atoms with Crippen LogP contribution in [0.5, 0.6) is 0 Å². The van der Waals surface area contributed by atoms with E-state index in [4.69, 9.17) is 11.6 Å². The molecule has 0 atom stereocenters. The zero-order valence-electron chi connectivity index (χ0n) is 20.6. The number of halogens is 4. The monoisotopic (exact) mass is 525 g/mol. The van der Waals surface area contributed by atoms with Crippen molar-refractivity contribution >= 4 is 28.1 Å². The smallest absolute Gasteiger partial charge is 0.370 e. The average molecular weight is 526 g/mol. The fourth-order valence-corrected chi connectivity index (χ4v) is 5.75. The lowest BCUT2D eigenvalue weighted by Crippen LogP contribution is -2.34. The topological polar surface area (TPSA) is 38.1 Å². The summed E-state index contributed by atoms with van der Waals surface area (Å²) < 4.78 is 43.6. The molecule has 0 unspecified atom stereocenters. The van der Waals surface area contributed by atoms with Crippen molar-refractivity contribution in [2.75, 3.05) is 18.0 Å². The first-order chi connectivity index (χ1) is 17.6. The van der Waals surface area contributed by atoms with E-state index in [0.29, 0.717) is 52.7 Å². The molecular formula is C29H27ClF3N3O. The van der Waals surface area contributed by atoms with Crippen molar-refractivity contribution < 1.29 is 13.2 Å².